The van der Waals surface area contributed by atoms with Crippen LogP contribution in [0, 0.1) is 0 Å². The van der Waals surface area contributed by atoms with E-state index in [1.807, 2.05) is 89.3 Å². The van der Waals surface area contributed by atoms with Crippen LogP contribution < -0.4 is 0 Å². The van der Waals surface area contributed by atoms with Gasteiger partial charge in [-0.3, -0.25) is 29.2 Å². The molecule has 2 amide bonds. The third-order valence-electron chi connectivity index (χ3n) is 8.26. The highest BCUT2D eigenvalue weighted by Gasteiger charge is 2.44. The lowest BCUT2D eigenvalue weighted by molar-refractivity contribution is -0.258. The Morgan fingerprint density at radius 1 is 0.714 bits per heavy atom. The first-order valence-corrected chi connectivity index (χ1v) is 21.8. The maximum absolute atomic E-state index is 14.7. The molecule has 4 unspecified atom stereocenters. The lowest BCUT2D eigenvalue weighted by atomic mass is 10.0. The first kappa shape index (κ1) is 45.0. The van der Waals surface area contributed by atoms with Gasteiger partial charge in [-0.1, -0.05) is 36.4 Å². The summed E-state index contributed by atoms with van der Waals surface area (Å²) in [6.07, 6.45) is 2.59. The Balaban J connectivity index is 1.78. The molecule has 4 rings (SSSR count). The number of hydrogen-bond donors (Lipinski definition) is 0. The summed E-state index contributed by atoms with van der Waals surface area (Å²) in [5, 5.41) is 4.09. The number of thioether (sulfide) groups is 1. The summed E-state index contributed by atoms with van der Waals surface area (Å²) in [4.78, 5) is 47.4. The molecule has 0 aliphatic carbocycles. The van der Waals surface area contributed by atoms with Gasteiger partial charge in [-0.2, -0.15) is 11.8 Å². The zero-order valence-corrected chi connectivity index (χ0v) is 35.9. The van der Waals surface area contributed by atoms with Gasteiger partial charge in [-0.25, -0.2) is 18.5 Å². The minimum absolute atomic E-state index is 0.0970. The van der Waals surface area contributed by atoms with Crippen LogP contribution in [0.25, 0.3) is 21.8 Å². The first-order valence-electron chi connectivity index (χ1n) is 18.9. The number of fused-ring (bicyclic) bond motifs is 2. The SMILES string of the molecule is CC(C)OC(CC(C(OC(C)C)S(=O)(=O)Cc1cnc2ccccc2c1)N(C=O)OC(C)(C)C)C(CSCc1cnc2ccccc2c1)N(C=O)OC(C)(C)C. The summed E-state index contributed by atoms with van der Waals surface area (Å²) in [6, 6.07) is 17.2. The van der Waals surface area contributed by atoms with Crippen molar-refractivity contribution in [1.29, 1.82) is 0 Å². The van der Waals surface area contributed by atoms with Crippen LogP contribution >= 0.6 is 11.8 Å². The second-order valence-corrected chi connectivity index (χ2v) is 19.5. The fourth-order valence-corrected chi connectivity index (χ4v) is 9.23. The lowest BCUT2D eigenvalue weighted by Gasteiger charge is -2.42. The van der Waals surface area contributed by atoms with Crippen LogP contribution in [-0.4, -0.2) is 94.1 Å². The molecule has 4 aromatic rings. The van der Waals surface area contributed by atoms with Gasteiger partial charge in [0.25, 0.3) is 0 Å². The molecule has 306 valence electrons. The van der Waals surface area contributed by atoms with Gasteiger partial charge in [0.05, 0.1) is 52.3 Å². The summed E-state index contributed by atoms with van der Waals surface area (Å²) in [5.41, 5.74) is -0.139. The second kappa shape index (κ2) is 19.7. The summed E-state index contributed by atoms with van der Waals surface area (Å²) >= 11 is 1.56. The van der Waals surface area contributed by atoms with E-state index in [4.69, 9.17) is 19.1 Å². The van der Waals surface area contributed by atoms with Gasteiger partial charge in [0, 0.05) is 41.1 Å². The third-order valence-corrected chi connectivity index (χ3v) is 11.2. The molecule has 0 aliphatic heterocycles. The Hall–Kier alpha value is -3.66. The Kier molecular flexibility index (Phi) is 15.8. The van der Waals surface area contributed by atoms with Crippen molar-refractivity contribution in [2.75, 3.05) is 5.75 Å². The Morgan fingerprint density at radius 2 is 1.20 bits per heavy atom. The number of hydrogen-bond acceptors (Lipinski definition) is 11. The van der Waals surface area contributed by atoms with Crippen molar-refractivity contribution in [3.05, 3.63) is 84.2 Å². The average Bonchev–Trinajstić information content (AvgIpc) is 3.11. The molecular weight excluding hydrogens is 753 g/mol. The normalized spacial score (nSPS) is 14.9. The summed E-state index contributed by atoms with van der Waals surface area (Å²) < 4.78 is 42.2. The van der Waals surface area contributed by atoms with Crippen molar-refractivity contribution in [3.63, 3.8) is 0 Å². The van der Waals surface area contributed by atoms with Crippen LogP contribution in [0.5, 0.6) is 0 Å². The van der Waals surface area contributed by atoms with Gasteiger partial charge in [0.15, 0.2) is 15.3 Å². The van der Waals surface area contributed by atoms with Gasteiger partial charge < -0.3 is 9.47 Å². The molecule has 0 saturated heterocycles. The number of nitrogens with zero attached hydrogens (tertiary/aromatic N) is 4. The van der Waals surface area contributed by atoms with Gasteiger partial charge in [-0.15, -0.1) is 0 Å². The molecule has 0 N–H and O–H groups in total. The predicted molar refractivity (Wildman–Crippen MR) is 222 cm³/mol. The van der Waals surface area contributed by atoms with Gasteiger partial charge in [0.1, 0.15) is 6.04 Å². The number of sulfone groups is 1. The summed E-state index contributed by atoms with van der Waals surface area (Å²) in [7, 11) is -4.20. The number of ether oxygens (including phenoxy) is 2. The van der Waals surface area contributed by atoms with Crippen molar-refractivity contribution in [2.24, 2.45) is 0 Å². The zero-order chi connectivity index (χ0) is 41.3. The van der Waals surface area contributed by atoms with E-state index in [1.54, 1.807) is 58.6 Å². The van der Waals surface area contributed by atoms with Gasteiger partial charge >= 0.3 is 0 Å². The number of aromatic nitrogens is 2. The van der Waals surface area contributed by atoms with Crippen molar-refractivity contribution >= 4 is 56.2 Å². The average molecular weight is 811 g/mol. The van der Waals surface area contributed by atoms with Crippen LogP contribution in [0.15, 0.2) is 73.1 Å². The molecule has 0 bridgehead atoms. The number of rotatable bonds is 21. The van der Waals surface area contributed by atoms with Crippen LogP contribution in [0.4, 0.5) is 0 Å². The highest BCUT2D eigenvalue weighted by atomic mass is 32.2. The Morgan fingerprint density at radius 3 is 1.70 bits per heavy atom. The maximum atomic E-state index is 14.7. The Bertz CT molecular complexity index is 2000. The fourth-order valence-electron chi connectivity index (χ4n) is 6.22. The minimum Gasteiger partial charge on any atom is -0.373 e. The third kappa shape index (κ3) is 13.5. The van der Waals surface area contributed by atoms with Gasteiger partial charge in [0.2, 0.25) is 12.8 Å². The predicted octanol–water partition coefficient (Wildman–Crippen LogP) is 7.68. The number of pyridine rings is 2. The minimum atomic E-state index is -4.20. The quantitative estimate of drug-likeness (QED) is 0.0605. The smallest absolute Gasteiger partial charge is 0.233 e. The van der Waals surface area contributed by atoms with E-state index >= 15 is 0 Å². The molecule has 56 heavy (non-hydrogen) atoms. The topological polar surface area (TPSA) is 137 Å². The molecule has 0 saturated carbocycles. The van der Waals surface area contributed by atoms with E-state index in [0.717, 1.165) is 32.4 Å². The number of para-hydroxylation sites is 2. The largest absolute Gasteiger partial charge is 0.373 e. The number of carbonyl (C=O) groups is 2. The van der Waals surface area contributed by atoms with E-state index in [2.05, 4.69) is 16.0 Å². The van der Waals surface area contributed by atoms with Crippen molar-refractivity contribution in [1.82, 2.24) is 20.1 Å². The highest BCUT2D eigenvalue weighted by Crippen LogP contribution is 2.31. The molecule has 0 aliphatic rings. The summed E-state index contributed by atoms with van der Waals surface area (Å²) in [6.45, 7) is 18.0. The molecule has 12 nitrogen and oxygen atoms in total. The first-order chi connectivity index (χ1) is 26.3. The second-order valence-electron chi connectivity index (χ2n) is 16.4. The molecule has 14 heteroatoms. The highest BCUT2D eigenvalue weighted by molar-refractivity contribution is 7.98. The van der Waals surface area contributed by atoms with E-state index in [0.29, 0.717) is 29.9 Å². The maximum Gasteiger partial charge on any atom is 0.233 e. The summed E-state index contributed by atoms with van der Waals surface area (Å²) in [5.74, 6) is 0.483. The molecule has 2 aromatic heterocycles. The molecule has 2 aromatic carbocycles. The van der Waals surface area contributed by atoms with E-state index in [9.17, 15) is 18.0 Å². The molecule has 0 radical (unpaired) electrons. The van der Waals surface area contributed by atoms with Crippen molar-refractivity contribution in [2.45, 2.75) is 134 Å². The number of benzene rings is 2. The molecular formula is C42H58N4O8S2. The molecule has 4 atom stereocenters. The number of hydroxylamine groups is 4. The van der Waals surface area contributed by atoms with Crippen LogP contribution in [-0.2, 0) is 50.1 Å². The zero-order valence-electron chi connectivity index (χ0n) is 34.2. The molecule has 2 heterocycles. The van der Waals surface area contributed by atoms with Crippen molar-refractivity contribution < 1.29 is 37.2 Å². The number of amides is 2. The van der Waals surface area contributed by atoms with E-state index < -0.39 is 56.5 Å². The fraction of sp³-hybridized carbons (Fsp3) is 0.524. The standard InChI is InChI=1S/C42H58N4O8S2/c1-29(2)51-39(38(46(28-48)54-42(8,9)10)25-55-24-31-19-33-15-11-13-17-35(33)43-22-31)21-37(45(27-47)53-41(5,6)7)40(52-30(3)4)56(49,50)26-32-20-34-16-12-14-18-36(34)44-23-32/h11-20,22-23,27-30,37-40H,21,24-26H2,1-10H3. The Labute approximate surface area is 336 Å². The van der Waals surface area contributed by atoms with Crippen LogP contribution in [0.1, 0.15) is 86.8 Å². The van der Waals surface area contributed by atoms with Gasteiger partial charge in [-0.05, 0) is 105 Å². The molecule has 0 spiro atoms. The molecule has 0 fully saturated rings. The number of carbonyl (C=O) groups excluding carboxylic acids is 2. The monoisotopic (exact) mass is 810 g/mol. The van der Waals surface area contributed by atoms with Crippen LogP contribution in [0.2, 0.25) is 0 Å². The van der Waals surface area contributed by atoms with E-state index in [1.165, 1.54) is 5.06 Å². The van der Waals surface area contributed by atoms with Crippen molar-refractivity contribution in [3.8, 4) is 0 Å². The van der Waals surface area contributed by atoms with E-state index in [-0.39, 0.29) is 12.5 Å². The lowest BCUT2D eigenvalue weighted by Crippen LogP contribution is -2.56. The van der Waals surface area contributed by atoms with Crippen LogP contribution in [0.3, 0.4) is 0 Å².